The maximum atomic E-state index is 11.3. The van der Waals surface area contributed by atoms with Crippen LogP contribution in [0.15, 0.2) is 24.3 Å². The van der Waals surface area contributed by atoms with Gasteiger partial charge in [-0.15, -0.1) is 0 Å². The van der Waals surface area contributed by atoms with E-state index in [1.807, 2.05) is 0 Å². The minimum Gasteiger partial charge on any atom is -0.480 e. The van der Waals surface area contributed by atoms with Crippen LogP contribution in [0.2, 0.25) is 0 Å². The van der Waals surface area contributed by atoms with Gasteiger partial charge in [-0.3, -0.25) is 4.79 Å². The molecule has 0 saturated heterocycles. The number of aliphatic carboxylic acids is 1. The lowest BCUT2D eigenvalue weighted by atomic mass is 9.70. The molecule has 0 radical (unpaired) electrons. The van der Waals surface area contributed by atoms with Crippen LogP contribution in [0.3, 0.4) is 0 Å². The van der Waals surface area contributed by atoms with E-state index in [9.17, 15) is 25.2 Å². The summed E-state index contributed by atoms with van der Waals surface area (Å²) in [6, 6.07) is -0.867. The van der Waals surface area contributed by atoms with Crippen molar-refractivity contribution in [1.82, 2.24) is 0 Å². The van der Waals surface area contributed by atoms with Crippen LogP contribution in [0.1, 0.15) is 70.6 Å². The molecule has 0 heterocycles. The topological polar surface area (TPSA) is 219 Å². The fraction of sp³-hybridized carbons (Fsp3) is 0.800. The van der Waals surface area contributed by atoms with Gasteiger partial charge in [-0.1, -0.05) is 24.3 Å². The Kier molecular flexibility index (Phi) is 15.0. The number of aliphatic hydroxyl groups excluding tert-OH is 3. The zero-order chi connectivity index (χ0) is 22.4. The van der Waals surface area contributed by atoms with E-state index in [2.05, 4.69) is 24.3 Å². The molecule has 0 aromatic carbocycles. The Morgan fingerprint density at radius 3 is 1.47 bits per heavy atom. The molecule has 0 amide bonds. The van der Waals surface area contributed by atoms with Crippen molar-refractivity contribution < 1.29 is 41.6 Å². The Labute approximate surface area is 202 Å². The summed E-state index contributed by atoms with van der Waals surface area (Å²) in [5.74, 6) is 0.0793. The molecule has 0 spiro atoms. The number of carboxylic acid groups (broad SMARTS) is 1. The zero-order valence-electron chi connectivity index (χ0n) is 20.1. The average Bonchev–Trinajstić information content (AvgIpc) is 2.75. The molecule has 3 fully saturated rings. The molecule has 9 heteroatoms. The van der Waals surface area contributed by atoms with E-state index < -0.39 is 18.1 Å². The SMILES string of the molecule is NC(CC1CC(/C=C/C2CCC(O)CC2)C(O)C(/C=C/C2CCC(O)CC2)C1)C(=O)O.O.O.O. The molecular formula is C25H47NO8. The number of carbonyl (C=O) groups is 1. The number of carboxylic acids is 1. The van der Waals surface area contributed by atoms with Crippen molar-refractivity contribution in [2.45, 2.75) is 95.0 Å². The van der Waals surface area contributed by atoms with E-state index in [-0.39, 0.29) is 46.4 Å². The lowest BCUT2D eigenvalue weighted by molar-refractivity contribution is -0.139. The lowest BCUT2D eigenvalue weighted by Crippen LogP contribution is -2.39. The highest BCUT2D eigenvalue weighted by Gasteiger charge is 2.36. The molecule has 0 aromatic rings. The highest BCUT2D eigenvalue weighted by atomic mass is 16.4. The van der Waals surface area contributed by atoms with Crippen LogP contribution in [-0.2, 0) is 4.79 Å². The number of aliphatic hydroxyl groups is 3. The summed E-state index contributed by atoms with van der Waals surface area (Å²) >= 11 is 0. The standard InChI is InChI=1S/C25H41NO5.3H2O/c26-23(25(30)31)15-18-13-19(7-1-16-3-9-21(27)10-4-16)24(29)20(14-18)8-2-17-5-11-22(28)12-6-17;;;/h1-2,7-8,16-24,27-29H,3-6,9-15,26H2,(H,30,31);3*1H2/b7-1+,8-2+;;;. The Bertz CT molecular complexity index is 584. The number of nitrogens with two attached hydrogens (primary N) is 1. The molecule has 0 aromatic heterocycles. The first-order valence-corrected chi connectivity index (χ1v) is 12.2. The van der Waals surface area contributed by atoms with Crippen molar-refractivity contribution in [2.75, 3.05) is 0 Å². The first-order valence-electron chi connectivity index (χ1n) is 12.2. The third-order valence-corrected chi connectivity index (χ3v) is 7.74. The van der Waals surface area contributed by atoms with E-state index in [1.54, 1.807) is 0 Å². The average molecular weight is 490 g/mol. The Morgan fingerprint density at radius 1 is 0.735 bits per heavy atom. The van der Waals surface area contributed by atoms with Gasteiger partial charge >= 0.3 is 5.97 Å². The van der Waals surface area contributed by atoms with Crippen LogP contribution in [0.5, 0.6) is 0 Å². The van der Waals surface area contributed by atoms with Crippen molar-refractivity contribution in [3.8, 4) is 0 Å². The van der Waals surface area contributed by atoms with Gasteiger partial charge in [-0.05, 0) is 88.4 Å². The van der Waals surface area contributed by atoms with Crippen LogP contribution in [0.4, 0.5) is 0 Å². The van der Waals surface area contributed by atoms with Crippen LogP contribution in [0, 0.1) is 29.6 Å². The maximum Gasteiger partial charge on any atom is 0.320 e. The van der Waals surface area contributed by atoms with Crippen LogP contribution < -0.4 is 5.73 Å². The van der Waals surface area contributed by atoms with Crippen molar-refractivity contribution in [3.63, 3.8) is 0 Å². The summed E-state index contributed by atoms with van der Waals surface area (Å²) in [7, 11) is 0. The normalized spacial score (nSPS) is 37.3. The highest BCUT2D eigenvalue weighted by Crippen LogP contribution is 2.39. The van der Waals surface area contributed by atoms with E-state index in [1.165, 1.54) is 0 Å². The minimum absolute atomic E-state index is 0. The molecule has 0 aliphatic heterocycles. The second-order valence-electron chi connectivity index (χ2n) is 10.2. The van der Waals surface area contributed by atoms with Crippen molar-refractivity contribution >= 4 is 5.97 Å². The first-order chi connectivity index (χ1) is 14.8. The third-order valence-electron chi connectivity index (χ3n) is 7.74. The Hall–Kier alpha value is -1.33. The molecule has 200 valence electrons. The minimum atomic E-state index is -0.966. The van der Waals surface area contributed by atoms with Gasteiger partial charge < -0.3 is 42.6 Å². The van der Waals surface area contributed by atoms with Gasteiger partial charge in [0, 0.05) is 11.8 Å². The molecule has 3 saturated carbocycles. The van der Waals surface area contributed by atoms with Gasteiger partial charge in [0.15, 0.2) is 0 Å². The molecule has 0 bridgehead atoms. The number of hydrogen-bond donors (Lipinski definition) is 5. The van der Waals surface area contributed by atoms with E-state index in [0.29, 0.717) is 18.3 Å². The summed E-state index contributed by atoms with van der Waals surface area (Å²) in [5.41, 5.74) is 5.84. The monoisotopic (exact) mass is 489 g/mol. The second-order valence-corrected chi connectivity index (χ2v) is 10.2. The summed E-state index contributed by atoms with van der Waals surface area (Å²) in [6.07, 6.45) is 17.1. The molecule has 34 heavy (non-hydrogen) atoms. The Morgan fingerprint density at radius 2 is 1.12 bits per heavy atom. The summed E-state index contributed by atoms with van der Waals surface area (Å²) in [5, 5.41) is 39.8. The van der Waals surface area contributed by atoms with E-state index >= 15 is 0 Å². The largest absolute Gasteiger partial charge is 0.480 e. The first kappa shape index (κ1) is 32.7. The molecule has 12 N–H and O–H groups in total. The lowest BCUT2D eigenvalue weighted by Gasteiger charge is -2.38. The number of allylic oxidation sites excluding steroid dienone is 2. The summed E-state index contributed by atoms with van der Waals surface area (Å²) in [4.78, 5) is 11.3. The number of hydrogen-bond acceptors (Lipinski definition) is 5. The van der Waals surface area contributed by atoms with E-state index in [0.717, 1.165) is 64.2 Å². The zero-order valence-corrected chi connectivity index (χ0v) is 20.1. The van der Waals surface area contributed by atoms with Gasteiger partial charge in [0.05, 0.1) is 18.3 Å². The maximum absolute atomic E-state index is 11.3. The molecule has 9 nitrogen and oxygen atoms in total. The molecule has 3 aliphatic rings. The van der Waals surface area contributed by atoms with Crippen molar-refractivity contribution in [2.24, 2.45) is 35.3 Å². The van der Waals surface area contributed by atoms with Crippen molar-refractivity contribution in [3.05, 3.63) is 24.3 Å². The smallest absolute Gasteiger partial charge is 0.320 e. The van der Waals surface area contributed by atoms with Gasteiger partial charge in [-0.25, -0.2) is 0 Å². The summed E-state index contributed by atoms with van der Waals surface area (Å²) in [6.45, 7) is 0. The van der Waals surface area contributed by atoms with Gasteiger partial charge in [0.25, 0.3) is 0 Å². The van der Waals surface area contributed by atoms with Crippen LogP contribution in [0.25, 0.3) is 0 Å². The highest BCUT2D eigenvalue weighted by molar-refractivity contribution is 5.73. The Balaban J connectivity index is 0.00000363. The van der Waals surface area contributed by atoms with Gasteiger partial charge in [-0.2, -0.15) is 0 Å². The molecule has 3 unspecified atom stereocenters. The van der Waals surface area contributed by atoms with Gasteiger partial charge in [0.2, 0.25) is 0 Å². The summed E-state index contributed by atoms with van der Waals surface area (Å²) < 4.78 is 0. The van der Waals surface area contributed by atoms with E-state index in [4.69, 9.17) is 5.73 Å². The second kappa shape index (κ2) is 15.6. The molecule has 3 aliphatic carbocycles. The quantitative estimate of drug-likeness (QED) is 0.321. The molecule has 3 rings (SSSR count). The number of rotatable bonds is 7. The molecule has 3 atom stereocenters. The van der Waals surface area contributed by atoms with Gasteiger partial charge in [0.1, 0.15) is 6.04 Å². The fourth-order valence-electron chi connectivity index (χ4n) is 5.69. The predicted molar refractivity (Wildman–Crippen MR) is 131 cm³/mol. The van der Waals surface area contributed by atoms with Crippen LogP contribution in [-0.4, -0.2) is 67.2 Å². The predicted octanol–water partition coefficient (Wildman–Crippen LogP) is 0.532. The van der Waals surface area contributed by atoms with Crippen molar-refractivity contribution in [1.29, 1.82) is 0 Å². The van der Waals surface area contributed by atoms with Crippen LogP contribution >= 0.6 is 0 Å². The third kappa shape index (κ3) is 9.73. The molecular weight excluding hydrogens is 442 g/mol. The fourth-order valence-corrected chi connectivity index (χ4v) is 5.69.